The van der Waals surface area contributed by atoms with E-state index in [2.05, 4.69) is 17.0 Å². The molecule has 0 bridgehead atoms. The van der Waals surface area contributed by atoms with Crippen molar-refractivity contribution in [1.82, 2.24) is 4.90 Å². The van der Waals surface area contributed by atoms with E-state index in [9.17, 15) is 23.7 Å². The van der Waals surface area contributed by atoms with Crippen molar-refractivity contribution in [3.63, 3.8) is 0 Å². The van der Waals surface area contributed by atoms with Crippen LogP contribution in [0.1, 0.15) is 66.9 Å². The highest BCUT2D eigenvalue weighted by molar-refractivity contribution is 7.89. The molecule has 5 N–H and O–H groups in total. The molecule has 9 heteroatoms. The number of ether oxygens (including phenoxy) is 1. The first-order valence-electron chi connectivity index (χ1n) is 14.3. The molecule has 224 valence electrons. The number of rotatable bonds is 19. The Morgan fingerprint density at radius 1 is 0.829 bits per heavy atom. The van der Waals surface area contributed by atoms with Crippen LogP contribution < -0.4 is 5.14 Å². The topological polar surface area (TPSA) is 133 Å². The summed E-state index contributed by atoms with van der Waals surface area (Å²) in [4.78, 5) is 2.40. The van der Waals surface area contributed by atoms with Gasteiger partial charge in [-0.05, 0) is 79.6 Å². The molecular weight excluding hydrogens is 540 g/mol. The molecule has 0 unspecified atom stereocenters. The molecule has 0 aliphatic rings. The number of unbranched alkanes of at least 4 members (excludes halogenated alkanes) is 4. The Kier molecular flexibility index (Phi) is 13.8. The van der Waals surface area contributed by atoms with Crippen LogP contribution in [-0.4, -0.2) is 54.9 Å². The van der Waals surface area contributed by atoms with Gasteiger partial charge in [0.05, 0.1) is 17.6 Å². The van der Waals surface area contributed by atoms with E-state index in [1.54, 1.807) is 24.3 Å². The highest BCUT2D eigenvalue weighted by Crippen LogP contribution is 2.24. The maximum absolute atomic E-state index is 11.5. The molecule has 3 aromatic rings. The van der Waals surface area contributed by atoms with Crippen molar-refractivity contribution in [2.24, 2.45) is 5.14 Å². The van der Waals surface area contributed by atoms with Gasteiger partial charge in [0, 0.05) is 31.9 Å². The predicted molar refractivity (Wildman–Crippen MR) is 161 cm³/mol. The maximum atomic E-state index is 11.5. The molecule has 0 radical (unpaired) electrons. The summed E-state index contributed by atoms with van der Waals surface area (Å²) in [7, 11) is -3.67. The summed E-state index contributed by atoms with van der Waals surface area (Å²) >= 11 is 0. The van der Waals surface area contributed by atoms with E-state index in [1.807, 2.05) is 24.3 Å². The van der Waals surface area contributed by atoms with Gasteiger partial charge in [-0.3, -0.25) is 4.90 Å². The third-order valence-corrected chi connectivity index (χ3v) is 7.99. The number of aryl methyl sites for hydroxylation is 1. The number of nitrogens with zero attached hydrogens (tertiary/aromatic N) is 1. The largest absolute Gasteiger partial charge is 0.508 e. The van der Waals surface area contributed by atoms with Crippen molar-refractivity contribution >= 4 is 10.0 Å². The van der Waals surface area contributed by atoms with E-state index in [1.165, 1.54) is 17.7 Å². The van der Waals surface area contributed by atoms with Gasteiger partial charge in [0.2, 0.25) is 10.0 Å². The van der Waals surface area contributed by atoms with E-state index in [0.29, 0.717) is 24.3 Å². The van der Waals surface area contributed by atoms with Crippen molar-refractivity contribution in [3.05, 3.63) is 95.1 Å². The third kappa shape index (κ3) is 11.9. The lowest BCUT2D eigenvalue weighted by Gasteiger charge is -2.26. The highest BCUT2D eigenvalue weighted by atomic mass is 32.2. The number of hydrogen-bond acceptors (Lipinski definition) is 7. The summed E-state index contributed by atoms with van der Waals surface area (Å²) in [6, 6.07) is 21.9. The molecular formula is C32H44N2O6S. The second-order valence-corrected chi connectivity index (χ2v) is 12.0. The Labute approximate surface area is 244 Å². The zero-order valence-corrected chi connectivity index (χ0v) is 24.5. The Morgan fingerprint density at radius 3 is 2.27 bits per heavy atom. The smallest absolute Gasteiger partial charge is 0.238 e. The molecule has 0 amide bonds. The number of phenols is 1. The van der Waals surface area contributed by atoms with Crippen LogP contribution in [-0.2, 0) is 34.3 Å². The van der Waals surface area contributed by atoms with E-state index in [4.69, 9.17) is 9.88 Å². The van der Waals surface area contributed by atoms with Crippen LogP contribution in [0.25, 0.3) is 0 Å². The van der Waals surface area contributed by atoms with Crippen LogP contribution in [0.2, 0.25) is 0 Å². The molecule has 0 aromatic heterocycles. The van der Waals surface area contributed by atoms with Gasteiger partial charge >= 0.3 is 0 Å². The Hall–Kier alpha value is -2.79. The summed E-state index contributed by atoms with van der Waals surface area (Å²) in [5.74, 6) is 0.0294. The minimum absolute atomic E-state index is 0.0294. The molecule has 3 rings (SSSR count). The molecule has 0 aliphatic carbocycles. The van der Waals surface area contributed by atoms with Crippen molar-refractivity contribution in [3.8, 4) is 5.75 Å². The fourth-order valence-corrected chi connectivity index (χ4v) is 5.36. The summed E-state index contributed by atoms with van der Waals surface area (Å²) in [6.07, 6.45) is 6.04. The van der Waals surface area contributed by atoms with Gasteiger partial charge in [-0.2, -0.15) is 0 Å². The monoisotopic (exact) mass is 584 g/mol. The number of aliphatic hydroxyl groups excluding tert-OH is 2. The molecule has 0 fully saturated rings. The van der Waals surface area contributed by atoms with Crippen LogP contribution >= 0.6 is 0 Å². The molecule has 41 heavy (non-hydrogen) atoms. The number of aromatic hydroxyl groups is 1. The summed E-state index contributed by atoms with van der Waals surface area (Å²) in [5.41, 5.74) is 3.24. The van der Waals surface area contributed by atoms with Gasteiger partial charge in [-0.1, -0.05) is 61.4 Å². The van der Waals surface area contributed by atoms with Crippen molar-refractivity contribution < 1.29 is 28.5 Å². The number of hydrogen-bond donors (Lipinski definition) is 4. The number of aliphatic hydroxyl groups is 2. The van der Waals surface area contributed by atoms with E-state index < -0.39 is 16.1 Å². The average molecular weight is 585 g/mol. The van der Waals surface area contributed by atoms with Gasteiger partial charge in [0.1, 0.15) is 5.75 Å². The molecule has 0 aliphatic heterocycles. The third-order valence-electron chi connectivity index (χ3n) is 7.08. The van der Waals surface area contributed by atoms with E-state index in [-0.39, 0.29) is 17.3 Å². The molecule has 3 aromatic carbocycles. The van der Waals surface area contributed by atoms with Crippen molar-refractivity contribution in [2.75, 3.05) is 26.3 Å². The average Bonchev–Trinajstić information content (AvgIpc) is 2.96. The zero-order valence-electron chi connectivity index (χ0n) is 23.7. The first kappa shape index (κ1) is 32.7. The van der Waals surface area contributed by atoms with Crippen LogP contribution in [0.4, 0.5) is 0 Å². The second kappa shape index (κ2) is 17.2. The lowest BCUT2D eigenvalue weighted by Crippen LogP contribution is -2.29. The summed E-state index contributed by atoms with van der Waals surface area (Å²) < 4.78 is 28.8. The van der Waals surface area contributed by atoms with Crippen LogP contribution in [0.15, 0.2) is 77.7 Å². The van der Waals surface area contributed by atoms with E-state index >= 15 is 0 Å². The fraction of sp³-hybridized carbons (Fsp3) is 0.438. The van der Waals surface area contributed by atoms with Gasteiger partial charge in [0.15, 0.2) is 0 Å². The van der Waals surface area contributed by atoms with Crippen LogP contribution in [0.5, 0.6) is 5.75 Å². The van der Waals surface area contributed by atoms with Crippen molar-refractivity contribution in [2.45, 2.75) is 69.1 Å². The Morgan fingerprint density at radius 2 is 1.54 bits per heavy atom. The van der Waals surface area contributed by atoms with Gasteiger partial charge in [-0.15, -0.1) is 0 Å². The SMILES string of the molecule is NS(=O)(=O)c1cccc(CCCCOCCCCCCN(Cc2ccccc2)C[C@@H](O)c2ccc(O)c(CO)c2)c1. The second-order valence-electron chi connectivity index (χ2n) is 10.5. The van der Waals surface area contributed by atoms with Gasteiger partial charge in [-0.25, -0.2) is 13.6 Å². The number of sulfonamides is 1. The minimum Gasteiger partial charge on any atom is -0.508 e. The molecule has 8 nitrogen and oxygen atoms in total. The maximum Gasteiger partial charge on any atom is 0.238 e. The Bertz CT molecular complexity index is 1290. The van der Waals surface area contributed by atoms with Gasteiger partial charge in [0.25, 0.3) is 0 Å². The zero-order chi connectivity index (χ0) is 29.5. The predicted octanol–water partition coefficient (Wildman–Crippen LogP) is 4.67. The quantitative estimate of drug-likeness (QED) is 0.151. The molecule has 0 saturated heterocycles. The van der Waals surface area contributed by atoms with Crippen molar-refractivity contribution in [1.29, 1.82) is 0 Å². The number of primary sulfonamides is 1. The summed E-state index contributed by atoms with van der Waals surface area (Å²) in [5, 5.41) is 35.4. The van der Waals surface area contributed by atoms with Crippen LogP contribution in [0.3, 0.4) is 0 Å². The first-order valence-corrected chi connectivity index (χ1v) is 15.9. The lowest BCUT2D eigenvalue weighted by molar-refractivity contribution is 0.106. The standard InChI is InChI=1S/C32H44N2O6S/c33-41(38,39)30-15-10-14-26(21-30)11-6-9-20-40-19-8-2-1-7-18-34(23-27-12-4-3-5-13-27)24-32(37)28-16-17-31(36)29(22-28)25-35/h3-5,10,12-17,21-22,32,35-37H,1-2,6-9,11,18-20,23-25H2,(H2,33,38,39)/t32-/m1/s1. The van der Waals surface area contributed by atoms with Crippen LogP contribution in [0, 0.1) is 0 Å². The molecule has 1 atom stereocenters. The first-order chi connectivity index (χ1) is 19.8. The van der Waals surface area contributed by atoms with E-state index in [0.717, 1.165) is 70.2 Å². The molecule has 0 heterocycles. The fourth-order valence-electron chi connectivity index (χ4n) is 4.77. The molecule has 0 saturated carbocycles. The minimum atomic E-state index is -3.67. The number of benzene rings is 3. The normalized spacial score (nSPS) is 12.6. The lowest BCUT2D eigenvalue weighted by atomic mass is 10.0. The van der Waals surface area contributed by atoms with Gasteiger partial charge < -0.3 is 20.1 Å². The Balaban J connectivity index is 1.33. The summed E-state index contributed by atoms with van der Waals surface area (Å²) in [6.45, 7) is 3.18. The number of nitrogens with two attached hydrogens (primary N) is 1. The molecule has 0 spiro atoms. The highest BCUT2D eigenvalue weighted by Gasteiger charge is 2.16.